The quantitative estimate of drug-likeness (QED) is 0.641. The molecule has 31 heavy (non-hydrogen) atoms. The standard InChI is InChI=1S/C23H27FN6O/c1-15-19(14-29(4)27-15)22(31)30-12-6-5-7-20(30)21-18(13-25-23(26-21)28(2)3)16-8-10-17(24)11-9-16/h8-11,13-14,20H,5-7,12H2,1-4H3. The van der Waals surface area contributed by atoms with Gasteiger partial charge in [0.25, 0.3) is 5.91 Å². The molecule has 1 aliphatic rings. The van der Waals surface area contributed by atoms with Gasteiger partial charge in [0.1, 0.15) is 5.82 Å². The first-order valence-corrected chi connectivity index (χ1v) is 10.5. The van der Waals surface area contributed by atoms with Crippen LogP contribution in [0, 0.1) is 12.7 Å². The van der Waals surface area contributed by atoms with Crippen LogP contribution in [0.3, 0.4) is 0 Å². The van der Waals surface area contributed by atoms with E-state index in [1.54, 1.807) is 29.2 Å². The lowest BCUT2D eigenvalue weighted by atomic mass is 9.93. The van der Waals surface area contributed by atoms with Crippen LogP contribution in [-0.2, 0) is 7.05 Å². The summed E-state index contributed by atoms with van der Waals surface area (Å²) in [5.74, 6) is 0.249. The smallest absolute Gasteiger partial charge is 0.257 e. The predicted octanol–water partition coefficient (Wildman–Crippen LogP) is 3.76. The molecule has 0 radical (unpaired) electrons. The van der Waals surface area contributed by atoms with Crippen molar-refractivity contribution in [3.8, 4) is 11.1 Å². The maximum atomic E-state index is 13.5. The highest BCUT2D eigenvalue weighted by molar-refractivity contribution is 5.95. The van der Waals surface area contributed by atoms with Crippen molar-refractivity contribution in [1.29, 1.82) is 0 Å². The normalized spacial score (nSPS) is 16.4. The number of carbonyl (C=O) groups is 1. The molecule has 1 aromatic carbocycles. The third-order valence-electron chi connectivity index (χ3n) is 5.68. The van der Waals surface area contributed by atoms with Gasteiger partial charge in [0, 0.05) is 45.6 Å². The van der Waals surface area contributed by atoms with Crippen LogP contribution in [0.25, 0.3) is 11.1 Å². The Kier molecular flexibility index (Phi) is 5.71. The molecule has 1 amide bonds. The van der Waals surface area contributed by atoms with E-state index in [1.165, 1.54) is 12.1 Å². The van der Waals surface area contributed by atoms with Crippen LogP contribution in [-0.4, -0.2) is 51.2 Å². The van der Waals surface area contributed by atoms with E-state index < -0.39 is 0 Å². The van der Waals surface area contributed by atoms with Crippen molar-refractivity contribution in [3.05, 3.63) is 59.4 Å². The fourth-order valence-corrected chi connectivity index (χ4v) is 4.13. The van der Waals surface area contributed by atoms with Crippen molar-refractivity contribution in [2.75, 3.05) is 25.5 Å². The monoisotopic (exact) mass is 422 g/mol. The van der Waals surface area contributed by atoms with E-state index in [1.807, 2.05) is 37.9 Å². The van der Waals surface area contributed by atoms with Gasteiger partial charge in [-0.05, 0) is 43.9 Å². The van der Waals surface area contributed by atoms with Crippen molar-refractivity contribution in [2.24, 2.45) is 7.05 Å². The molecular weight excluding hydrogens is 395 g/mol. The molecule has 7 nitrogen and oxygen atoms in total. The Morgan fingerprint density at radius 3 is 2.58 bits per heavy atom. The Balaban J connectivity index is 1.81. The number of amides is 1. The second-order valence-corrected chi connectivity index (χ2v) is 8.18. The molecule has 3 heterocycles. The molecule has 3 aromatic rings. The van der Waals surface area contributed by atoms with Gasteiger partial charge in [-0.3, -0.25) is 9.48 Å². The second-order valence-electron chi connectivity index (χ2n) is 8.18. The van der Waals surface area contributed by atoms with Gasteiger partial charge in [-0.2, -0.15) is 5.10 Å². The summed E-state index contributed by atoms with van der Waals surface area (Å²) in [5, 5.41) is 4.34. The Morgan fingerprint density at radius 1 is 1.19 bits per heavy atom. The topological polar surface area (TPSA) is 67.2 Å². The van der Waals surface area contributed by atoms with E-state index in [9.17, 15) is 9.18 Å². The fraction of sp³-hybridized carbons (Fsp3) is 0.391. The van der Waals surface area contributed by atoms with Crippen LogP contribution in [0.4, 0.5) is 10.3 Å². The van der Waals surface area contributed by atoms with Gasteiger partial charge in [-0.25, -0.2) is 14.4 Å². The average molecular weight is 423 g/mol. The van der Waals surface area contributed by atoms with Crippen molar-refractivity contribution < 1.29 is 9.18 Å². The third-order valence-corrected chi connectivity index (χ3v) is 5.68. The minimum atomic E-state index is -0.294. The lowest BCUT2D eigenvalue weighted by Crippen LogP contribution is -2.39. The van der Waals surface area contributed by atoms with Crippen molar-refractivity contribution in [1.82, 2.24) is 24.6 Å². The number of aryl methyl sites for hydroxylation is 2. The van der Waals surface area contributed by atoms with E-state index in [0.29, 0.717) is 23.8 Å². The number of hydrogen-bond acceptors (Lipinski definition) is 5. The van der Waals surface area contributed by atoms with Crippen molar-refractivity contribution >= 4 is 11.9 Å². The van der Waals surface area contributed by atoms with Gasteiger partial charge >= 0.3 is 0 Å². The van der Waals surface area contributed by atoms with Gasteiger partial charge < -0.3 is 9.80 Å². The highest BCUT2D eigenvalue weighted by Crippen LogP contribution is 2.37. The van der Waals surface area contributed by atoms with Crippen LogP contribution < -0.4 is 4.90 Å². The Morgan fingerprint density at radius 2 is 1.94 bits per heavy atom. The van der Waals surface area contributed by atoms with Crippen LogP contribution in [0.1, 0.15) is 47.1 Å². The summed E-state index contributed by atoms with van der Waals surface area (Å²) in [6.07, 6.45) is 6.31. The minimum Gasteiger partial charge on any atom is -0.347 e. The molecule has 0 N–H and O–H groups in total. The molecule has 8 heteroatoms. The molecule has 0 spiro atoms. The summed E-state index contributed by atoms with van der Waals surface area (Å²) in [4.78, 5) is 26.6. The second kappa shape index (κ2) is 8.45. The zero-order valence-electron chi connectivity index (χ0n) is 18.3. The molecule has 0 aliphatic carbocycles. The average Bonchev–Trinajstić information content (AvgIpc) is 3.11. The first-order chi connectivity index (χ1) is 14.8. The number of halogens is 1. The largest absolute Gasteiger partial charge is 0.347 e. The first-order valence-electron chi connectivity index (χ1n) is 10.5. The molecule has 2 aromatic heterocycles. The van der Waals surface area contributed by atoms with Gasteiger partial charge in [0.2, 0.25) is 5.95 Å². The summed E-state index contributed by atoms with van der Waals surface area (Å²) < 4.78 is 15.2. The van der Waals surface area contributed by atoms with Gasteiger partial charge in [0.05, 0.1) is 23.0 Å². The Bertz CT molecular complexity index is 1090. The summed E-state index contributed by atoms with van der Waals surface area (Å²) in [5.41, 5.74) is 3.77. The van der Waals surface area contributed by atoms with Gasteiger partial charge in [0.15, 0.2) is 0 Å². The van der Waals surface area contributed by atoms with E-state index in [2.05, 4.69) is 10.1 Å². The molecule has 1 saturated heterocycles. The number of benzene rings is 1. The molecule has 1 fully saturated rings. The maximum absolute atomic E-state index is 13.5. The SMILES string of the molecule is Cc1nn(C)cc1C(=O)N1CCCCC1c1nc(N(C)C)ncc1-c1ccc(F)cc1. The van der Waals surface area contributed by atoms with Crippen LogP contribution in [0.2, 0.25) is 0 Å². The number of nitrogens with zero attached hydrogens (tertiary/aromatic N) is 6. The van der Waals surface area contributed by atoms with Gasteiger partial charge in [-0.1, -0.05) is 12.1 Å². The molecule has 1 atom stereocenters. The summed E-state index contributed by atoms with van der Waals surface area (Å²) >= 11 is 0. The zero-order chi connectivity index (χ0) is 22.1. The van der Waals surface area contributed by atoms with E-state index in [-0.39, 0.29) is 17.8 Å². The highest BCUT2D eigenvalue weighted by atomic mass is 19.1. The highest BCUT2D eigenvalue weighted by Gasteiger charge is 2.33. The van der Waals surface area contributed by atoms with E-state index in [4.69, 9.17) is 4.98 Å². The lowest BCUT2D eigenvalue weighted by Gasteiger charge is -2.36. The number of likely N-dealkylation sites (tertiary alicyclic amines) is 1. The van der Waals surface area contributed by atoms with Crippen molar-refractivity contribution in [2.45, 2.75) is 32.2 Å². The van der Waals surface area contributed by atoms with Gasteiger partial charge in [-0.15, -0.1) is 0 Å². The lowest BCUT2D eigenvalue weighted by molar-refractivity contribution is 0.0606. The van der Waals surface area contributed by atoms with Crippen LogP contribution in [0.5, 0.6) is 0 Å². The Hall–Kier alpha value is -3.29. The first kappa shape index (κ1) is 21.0. The Labute approximate surface area is 181 Å². The molecule has 1 aliphatic heterocycles. The molecule has 4 rings (SSSR count). The van der Waals surface area contributed by atoms with E-state index >= 15 is 0 Å². The minimum absolute atomic E-state index is 0.0367. The maximum Gasteiger partial charge on any atom is 0.257 e. The number of rotatable bonds is 4. The van der Waals surface area contributed by atoms with Crippen molar-refractivity contribution in [3.63, 3.8) is 0 Å². The van der Waals surface area contributed by atoms with Crippen LogP contribution in [0.15, 0.2) is 36.7 Å². The number of hydrogen-bond donors (Lipinski definition) is 0. The summed E-state index contributed by atoms with van der Waals surface area (Å²) in [7, 11) is 5.59. The molecule has 162 valence electrons. The molecule has 0 bridgehead atoms. The fourth-order valence-electron chi connectivity index (χ4n) is 4.13. The number of piperidine rings is 1. The predicted molar refractivity (Wildman–Crippen MR) is 117 cm³/mol. The van der Waals surface area contributed by atoms with Crippen LogP contribution >= 0.6 is 0 Å². The number of anilines is 1. The molecule has 1 unspecified atom stereocenters. The number of aromatic nitrogens is 4. The summed E-state index contributed by atoms with van der Waals surface area (Å²) in [6, 6.07) is 6.13. The number of carbonyl (C=O) groups excluding carboxylic acids is 1. The molecule has 0 saturated carbocycles. The summed E-state index contributed by atoms with van der Waals surface area (Å²) in [6.45, 7) is 2.51. The molecular formula is C23H27FN6O. The third kappa shape index (κ3) is 4.15. The zero-order valence-corrected chi connectivity index (χ0v) is 18.3. The van der Waals surface area contributed by atoms with E-state index in [0.717, 1.165) is 36.1 Å².